The zero-order chi connectivity index (χ0) is 19.5. The molecule has 2 unspecified atom stereocenters. The normalized spacial score (nSPS) is 22.4. The third-order valence-corrected chi connectivity index (χ3v) is 6.82. The van der Waals surface area contributed by atoms with Gasteiger partial charge in [-0.05, 0) is 48.3 Å². The van der Waals surface area contributed by atoms with Gasteiger partial charge in [0.25, 0.3) is 0 Å². The van der Waals surface area contributed by atoms with Crippen LogP contribution in [0.1, 0.15) is 66.4 Å². The molecule has 4 nitrogen and oxygen atoms in total. The van der Waals surface area contributed by atoms with Gasteiger partial charge in [0, 0.05) is 18.7 Å². The fourth-order valence-electron chi connectivity index (χ4n) is 3.66. The highest BCUT2D eigenvalue weighted by molar-refractivity contribution is 7.89. The Balaban J connectivity index is 2.36. The number of unbranched alkanes of at least 4 members (excludes halogenated alkanes) is 1. The molecule has 0 spiro atoms. The van der Waals surface area contributed by atoms with Crippen molar-refractivity contribution >= 4 is 10.0 Å². The Morgan fingerprint density at radius 1 is 1.15 bits per heavy atom. The maximum atomic E-state index is 13.2. The summed E-state index contributed by atoms with van der Waals surface area (Å²) in [5.74, 6) is 1.59. The standard InChI is InChI=1S/C21H35NO3S/c1-7-8-11-25-20-10-9-18(13-19(20)21(4,5)6)26(23,24)22-14-16(2)12-17(3)15-22/h9-10,13,16-17H,7-8,11-12,14-15H2,1-6H3. The number of benzene rings is 1. The molecule has 148 valence electrons. The van der Waals surface area contributed by atoms with Gasteiger partial charge in [-0.1, -0.05) is 48.0 Å². The summed E-state index contributed by atoms with van der Waals surface area (Å²) in [7, 11) is -3.47. The van der Waals surface area contributed by atoms with Crippen LogP contribution in [0.3, 0.4) is 0 Å². The van der Waals surface area contributed by atoms with Crippen molar-refractivity contribution in [3.63, 3.8) is 0 Å². The summed E-state index contributed by atoms with van der Waals surface area (Å²) in [6, 6.07) is 5.36. The van der Waals surface area contributed by atoms with Crippen molar-refractivity contribution in [2.24, 2.45) is 11.8 Å². The van der Waals surface area contributed by atoms with Crippen molar-refractivity contribution in [3.8, 4) is 5.75 Å². The first-order valence-electron chi connectivity index (χ1n) is 9.83. The van der Waals surface area contributed by atoms with Gasteiger partial charge in [-0.25, -0.2) is 8.42 Å². The summed E-state index contributed by atoms with van der Waals surface area (Å²) in [5, 5.41) is 0. The molecule has 0 saturated carbocycles. The molecule has 2 rings (SSSR count). The minimum absolute atomic E-state index is 0.185. The van der Waals surface area contributed by atoms with E-state index < -0.39 is 10.0 Å². The van der Waals surface area contributed by atoms with E-state index in [1.165, 1.54) is 0 Å². The molecule has 1 fully saturated rings. The van der Waals surface area contributed by atoms with Gasteiger partial charge in [0.2, 0.25) is 10.0 Å². The molecule has 0 bridgehead atoms. The highest BCUT2D eigenvalue weighted by Crippen LogP contribution is 2.35. The molecule has 1 aliphatic heterocycles. The number of piperidine rings is 1. The van der Waals surface area contributed by atoms with Gasteiger partial charge < -0.3 is 4.74 Å². The lowest BCUT2D eigenvalue weighted by atomic mass is 9.86. The fourth-order valence-corrected chi connectivity index (χ4v) is 5.37. The number of sulfonamides is 1. The first kappa shape index (κ1) is 21.2. The van der Waals surface area contributed by atoms with Crippen molar-refractivity contribution < 1.29 is 13.2 Å². The van der Waals surface area contributed by atoms with Gasteiger partial charge in [-0.3, -0.25) is 0 Å². The minimum atomic E-state index is -3.47. The Morgan fingerprint density at radius 3 is 2.31 bits per heavy atom. The maximum absolute atomic E-state index is 13.2. The molecule has 0 N–H and O–H groups in total. The van der Waals surface area contributed by atoms with Gasteiger partial charge in [0.1, 0.15) is 5.75 Å². The molecular weight excluding hydrogens is 346 g/mol. The van der Waals surface area contributed by atoms with E-state index >= 15 is 0 Å². The number of hydrogen-bond donors (Lipinski definition) is 0. The van der Waals surface area contributed by atoms with Gasteiger partial charge in [0.05, 0.1) is 11.5 Å². The summed E-state index contributed by atoms with van der Waals surface area (Å²) in [4.78, 5) is 0.381. The molecular formula is C21H35NO3S. The summed E-state index contributed by atoms with van der Waals surface area (Å²) in [6.45, 7) is 14.5. The van der Waals surface area contributed by atoms with Crippen LogP contribution in [0, 0.1) is 11.8 Å². The first-order chi connectivity index (χ1) is 12.1. The van der Waals surface area contributed by atoms with Crippen molar-refractivity contribution in [1.29, 1.82) is 0 Å². The van der Waals surface area contributed by atoms with Gasteiger partial charge in [-0.2, -0.15) is 4.31 Å². The molecule has 1 heterocycles. The lowest BCUT2D eigenvalue weighted by Crippen LogP contribution is -2.42. The van der Waals surface area contributed by atoms with Gasteiger partial charge in [0.15, 0.2) is 0 Å². The molecule has 1 saturated heterocycles. The Kier molecular flexibility index (Phi) is 6.78. The Morgan fingerprint density at radius 2 is 1.77 bits per heavy atom. The fraction of sp³-hybridized carbons (Fsp3) is 0.714. The van der Waals surface area contributed by atoms with Gasteiger partial charge >= 0.3 is 0 Å². The molecule has 0 aromatic heterocycles. The lowest BCUT2D eigenvalue weighted by Gasteiger charge is -2.34. The molecule has 1 aliphatic rings. The van der Waals surface area contributed by atoms with Crippen molar-refractivity contribution in [3.05, 3.63) is 23.8 Å². The van der Waals surface area contributed by atoms with Crippen LogP contribution in [0.2, 0.25) is 0 Å². The quantitative estimate of drug-likeness (QED) is 0.663. The van der Waals surface area contributed by atoms with E-state index in [1.807, 2.05) is 12.1 Å². The second kappa shape index (κ2) is 8.30. The molecule has 0 aliphatic carbocycles. The lowest BCUT2D eigenvalue weighted by molar-refractivity contribution is 0.222. The Bertz CT molecular complexity index is 696. The van der Waals surface area contributed by atoms with Crippen molar-refractivity contribution in [2.45, 2.75) is 71.1 Å². The van der Waals surface area contributed by atoms with Crippen LogP contribution in [0.15, 0.2) is 23.1 Å². The van der Waals surface area contributed by atoms with E-state index in [4.69, 9.17) is 4.74 Å². The third kappa shape index (κ3) is 5.01. The van der Waals surface area contributed by atoms with E-state index in [0.29, 0.717) is 36.4 Å². The van der Waals surface area contributed by atoms with Crippen LogP contribution < -0.4 is 4.74 Å². The average Bonchev–Trinajstić information content (AvgIpc) is 2.53. The second-order valence-electron chi connectivity index (χ2n) is 8.88. The van der Waals surface area contributed by atoms with Crippen molar-refractivity contribution in [2.75, 3.05) is 19.7 Å². The smallest absolute Gasteiger partial charge is 0.243 e. The number of rotatable bonds is 6. The summed E-state index contributed by atoms with van der Waals surface area (Å²) < 4.78 is 34.0. The number of nitrogens with zero attached hydrogens (tertiary/aromatic N) is 1. The van der Waals surface area contributed by atoms with Crippen LogP contribution in [-0.4, -0.2) is 32.4 Å². The molecule has 0 amide bonds. The highest BCUT2D eigenvalue weighted by atomic mass is 32.2. The van der Waals surface area contributed by atoms with E-state index in [9.17, 15) is 8.42 Å². The molecule has 1 aromatic carbocycles. The predicted octanol–water partition coefficient (Wildman–Crippen LogP) is 4.83. The van der Waals surface area contributed by atoms with E-state index in [2.05, 4.69) is 41.5 Å². The van der Waals surface area contributed by atoms with Crippen LogP contribution in [0.4, 0.5) is 0 Å². The third-order valence-electron chi connectivity index (χ3n) is 4.99. The highest BCUT2D eigenvalue weighted by Gasteiger charge is 2.33. The van der Waals surface area contributed by atoms with Crippen LogP contribution in [0.25, 0.3) is 0 Å². The second-order valence-corrected chi connectivity index (χ2v) is 10.8. The number of ether oxygens (including phenoxy) is 1. The summed E-state index contributed by atoms with van der Waals surface area (Å²) in [6.07, 6.45) is 3.15. The van der Waals surface area contributed by atoms with Crippen LogP contribution in [-0.2, 0) is 15.4 Å². The van der Waals surface area contributed by atoms with Gasteiger partial charge in [-0.15, -0.1) is 0 Å². The largest absolute Gasteiger partial charge is 0.493 e. The zero-order valence-electron chi connectivity index (χ0n) is 17.2. The van der Waals surface area contributed by atoms with Crippen LogP contribution >= 0.6 is 0 Å². The average molecular weight is 382 g/mol. The molecule has 26 heavy (non-hydrogen) atoms. The molecule has 2 atom stereocenters. The number of hydrogen-bond acceptors (Lipinski definition) is 3. The maximum Gasteiger partial charge on any atom is 0.243 e. The molecule has 0 radical (unpaired) electrons. The van der Waals surface area contributed by atoms with Crippen LogP contribution in [0.5, 0.6) is 5.75 Å². The molecule has 5 heteroatoms. The minimum Gasteiger partial charge on any atom is -0.493 e. The Hall–Kier alpha value is -1.07. The monoisotopic (exact) mass is 381 g/mol. The van der Waals surface area contributed by atoms with E-state index in [1.54, 1.807) is 10.4 Å². The first-order valence-corrected chi connectivity index (χ1v) is 11.3. The predicted molar refractivity (Wildman–Crippen MR) is 107 cm³/mol. The van der Waals surface area contributed by atoms with E-state index in [-0.39, 0.29) is 5.41 Å². The topological polar surface area (TPSA) is 46.6 Å². The summed E-state index contributed by atoms with van der Waals surface area (Å²) in [5.41, 5.74) is 0.767. The SMILES string of the molecule is CCCCOc1ccc(S(=O)(=O)N2CC(C)CC(C)C2)cc1C(C)(C)C. The zero-order valence-corrected chi connectivity index (χ0v) is 18.0. The molecule has 1 aromatic rings. The van der Waals surface area contributed by atoms with E-state index in [0.717, 1.165) is 30.6 Å². The van der Waals surface area contributed by atoms with Crippen molar-refractivity contribution in [1.82, 2.24) is 4.31 Å². The Labute approximate surface area is 160 Å². The summed E-state index contributed by atoms with van der Waals surface area (Å²) >= 11 is 0.